The minimum atomic E-state index is -0.618. The van der Waals surface area contributed by atoms with E-state index in [0.29, 0.717) is 12.1 Å². The number of carbonyl (C=O) groups excluding carboxylic acids is 2. The van der Waals surface area contributed by atoms with Gasteiger partial charge in [0.2, 0.25) is 0 Å². The number of aliphatic hydroxyl groups is 1. The lowest BCUT2D eigenvalue weighted by Crippen LogP contribution is -2.56. The van der Waals surface area contributed by atoms with Crippen LogP contribution in [0.3, 0.4) is 0 Å². The van der Waals surface area contributed by atoms with Crippen LogP contribution in [0, 0.1) is 5.41 Å². The number of nitrogens with zero attached hydrogens (tertiary/aromatic N) is 1. The van der Waals surface area contributed by atoms with Crippen LogP contribution in [-0.4, -0.2) is 46.9 Å². The molecule has 6 heteroatoms. The van der Waals surface area contributed by atoms with Crippen molar-refractivity contribution in [3.8, 4) is 0 Å². The van der Waals surface area contributed by atoms with E-state index in [-0.39, 0.29) is 23.5 Å². The molecule has 0 aromatic heterocycles. The molecule has 1 aliphatic carbocycles. The normalized spacial score (nSPS) is 29.9. The van der Waals surface area contributed by atoms with Gasteiger partial charge in [-0.2, -0.15) is 0 Å². The molecule has 1 spiro atoms. The second-order valence-corrected chi connectivity index (χ2v) is 9.61. The second kappa shape index (κ2) is 7.07. The van der Waals surface area contributed by atoms with Crippen LogP contribution in [0.4, 0.5) is 4.79 Å². The van der Waals surface area contributed by atoms with Crippen molar-refractivity contribution in [3.63, 3.8) is 0 Å². The van der Waals surface area contributed by atoms with Crippen molar-refractivity contribution >= 4 is 12.1 Å². The lowest BCUT2D eigenvalue weighted by atomic mass is 9.54. The van der Waals surface area contributed by atoms with Crippen molar-refractivity contribution in [1.82, 2.24) is 4.90 Å². The number of hydrogen-bond donors (Lipinski definition) is 1. The highest BCUT2D eigenvalue weighted by atomic mass is 16.6. The molecular formula is C22H31NO5. The van der Waals surface area contributed by atoms with Gasteiger partial charge in [-0.3, -0.25) is 0 Å². The molecule has 154 valence electrons. The van der Waals surface area contributed by atoms with E-state index in [1.807, 2.05) is 39.8 Å². The molecular weight excluding hydrogens is 358 g/mol. The molecule has 1 aliphatic heterocycles. The van der Waals surface area contributed by atoms with Gasteiger partial charge in [-0.1, -0.05) is 12.1 Å². The molecule has 1 unspecified atom stereocenters. The fourth-order valence-electron chi connectivity index (χ4n) is 4.82. The molecule has 1 saturated carbocycles. The molecule has 2 fully saturated rings. The molecule has 1 atom stereocenters. The van der Waals surface area contributed by atoms with Gasteiger partial charge in [0.05, 0.1) is 24.3 Å². The number of rotatable bonds is 2. The first-order valence-corrected chi connectivity index (χ1v) is 9.84. The van der Waals surface area contributed by atoms with Crippen LogP contribution in [0.2, 0.25) is 0 Å². The molecule has 1 N–H and O–H groups in total. The minimum Gasteiger partial charge on any atom is -0.465 e. The monoisotopic (exact) mass is 389 g/mol. The highest BCUT2D eigenvalue weighted by Gasteiger charge is 2.54. The highest BCUT2D eigenvalue weighted by Crippen LogP contribution is 2.58. The Bertz CT molecular complexity index is 739. The number of ether oxygens (including phenoxy) is 2. The number of esters is 1. The molecule has 2 aliphatic rings. The molecule has 1 aromatic rings. The third-order valence-corrected chi connectivity index (χ3v) is 5.74. The predicted molar refractivity (Wildman–Crippen MR) is 105 cm³/mol. The third kappa shape index (κ3) is 4.32. The average Bonchev–Trinajstić information content (AvgIpc) is 2.58. The Morgan fingerprint density at radius 3 is 2.29 bits per heavy atom. The number of likely N-dealkylation sites (tertiary alicyclic amines) is 1. The van der Waals surface area contributed by atoms with Crippen LogP contribution < -0.4 is 0 Å². The topological polar surface area (TPSA) is 76.1 Å². The SMILES string of the molecule is COC(=O)c1ccc(C2CC3(CCN2C(=O)OC(C)(C)C)CC(C)(O)C3)cc1. The van der Waals surface area contributed by atoms with Crippen LogP contribution in [0.15, 0.2) is 24.3 Å². The standard InChI is InChI=1S/C22H31NO5/c1-20(2,3)28-19(25)23-11-10-22(13-21(4,26)14-22)12-17(23)15-6-8-16(9-7-15)18(24)27-5/h6-9,17,26H,10-14H2,1-5H3. The van der Waals surface area contributed by atoms with E-state index in [1.165, 1.54) is 7.11 Å². The zero-order valence-electron chi connectivity index (χ0n) is 17.4. The Morgan fingerprint density at radius 2 is 1.79 bits per heavy atom. The smallest absolute Gasteiger partial charge is 0.410 e. The zero-order valence-corrected chi connectivity index (χ0v) is 17.4. The first-order chi connectivity index (χ1) is 12.9. The second-order valence-electron chi connectivity index (χ2n) is 9.61. The highest BCUT2D eigenvalue weighted by molar-refractivity contribution is 5.89. The maximum Gasteiger partial charge on any atom is 0.410 e. The van der Waals surface area contributed by atoms with Gasteiger partial charge in [0.1, 0.15) is 5.60 Å². The van der Waals surface area contributed by atoms with Crippen LogP contribution >= 0.6 is 0 Å². The predicted octanol–water partition coefficient (Wildman–Crippen LogP) is 4.08. The Hall–Kier alpha value is -2.08. The lowest BCUT2D eigenvalue weighted by Gasteiger charge is -2.57. The van der Waals surface area contributed by atoms with Crippen LogP contribution in [0.5, 0.6) is 0 Å². The summed E-state index contributed by atoms with van der Waals surface area (Å²) in [4.78, 5) is 26.4. The molecule has 0 radical (unpaired) electrons. The van der Waals surface area contributed by atoms with Crippen molar-refractivity contribution in [2.75, 3.05) is 13.7 Å². The molecule has 3 rings (SSSR count). The van der Waals surface area contributed by atoms with Crippen molar-refractivity contribution in [3.05, 3.63) is 35.4 Å². The minimum absolute atomic E-state index is 0.0493. The van der Waals surface area contributed by atoms with E-state index >= 15 is 0 Å². The first-order valence-electron chi connectivity index (χ1n) is 9.84. The quantitative estimate of drug-likeness (QED) is 0.772. The van der Waals surface area contributed by atoms with Crippen LogP contribution in [0.1, 0.15) is 75.3 Å². The number of piperidine rings is 1. The van der Waals surface area contributed by atoms with Crippen LogP contribution in [0.25, 0.3) is 0 Å². The number of carbonyl (C=O) groups is 2. The fourth-order valence-corrected chi connectivity index (χ4v) is 4.82. The lowest BCUT2D eigenvalue weighted by molar-refractivity contribution is -0.146. The van der Waals surface area contributed by atoms with Gasteiger partial charge in [0.25, 0.3) is 0 Å². The molecule has 1 heterocycles. The maximum absolute atomic E-state index is 12.8. The van der Waals surface area contributed by atoms with Crippen molar-refractivity contribution in [1.29, 1.82) is 0 Å². The Morgan fingerprint density at radius 1 is 1.18 bits per heavy atom. The number of amides is 1. The van der Waals surface area contributed by atoms with Gasteiger partial charge in [0, 0.05) is 6.54 Å². The zero-order chi connectivity index (χ0) is 20.7. The van der Waals surface area contributed by atoms with Gasteiger partial charge in [-0.05, 0) is 76.5 Å². The summed E-state index contributed by atoms with van der Waals surface area (Å²) in [5.74, 6) is -0.384. The summed E-state index contributed by atoms with van der Waals surface area (Å²) in [5, 5.41) is 10.3. The number of methoxy groups -OCH3 is 1. The third-order valence-electron chi connectivity index (χ3n) is 5.74. The largest absolute Gasteiger partial charge is 0.465 e. The summed E-state index contributed by atoms with van der Waals surface area (Å²) in [6.07, 6.45) is 2.81. The Balaban J connectivity index is 1.86. The van der Waals surface area contributed by atoms with E-state index in [2.05, 4.69) is 0 Å². The van der Waals surface area contributed by atoms with Crippen molar-refractivity contribution in [2.45, 2.75) is 70.6 Å². The molecule has 1 aromatic carbocycles. The molecule has 6 nitrogen and oxygen atoms in total. The summed E-state index contributed by atoms with van der Waals surface area (Å²) in [5.41, 5.74) is 0.309. The van der Waals surface area contributed by atoms with E-state index < -0.39 is 11.2 Å². The van der Waals surface area contributed by atoms with Crippen molar-refractivity contribution in [2.24, 2.45) is 5.41 Å². The van der Waals surface area contributed by atoms with E-state index in [0.717, 1.165) is 31.2 Å². The molecule has 28 heavy (non-hydrogen) atoms. The first kappa shape index (κ1) is 20.6. The summed E-state index contributed by atoms with van der Waals surface area (Å²) < 4.78 is 10.4. The Labute approximate surface area is 166 Å². The summed E-state index contributed by atoms with van der Waals surface area (Å²) in [7, 11) is 1.36. The van der Waals surface area contributed by atoms with Gasteiger partial charge >= 0.3 is 12.1 Å². The molecule has 0 bridgehead atoms. The fraction of sp³-hybridized carbons (Fsp3) is 0.636. The van der Waals surface area contributed by atoms with Crippen molar-refractivity contribution < 1.29 is 24.2 Å². The van der Waals surface area contributed by atoms with Gasteiger partial charge in [-0.25, -0.2) is 9.59 Å². The van der Waals surface area contributed by atoms with E-state index in [9.17, 15) is 14.7 Å². The molecule has 1 saturated heterocycles. The average molecular weight is 389 g/mol. The summed E-state index contributed by atoms with van der Waals surface area (Å²) in [6.45, 7) is 8.05. The molecule has 1 amide bonds. The van der Waals surface area contributed by atoms with Gasteiger partial charge in [0.15, 0.2) is 0 Å². The summed E-state index contributed by atoms with van der Waals surface area (Å²) in [6, 6.07) is 7.07. The van der Waals surface area contributed by atoms with Gasteiger partial charge in [-0.15, -0.1) is 0 Å². The van der Waals surface area contributed by atoms with E-state index in [4.69, 9.17) is 9.47 Å². The maximum atomic E-state index is 12.8. The Kier molecular flexibility index (Phi) is 5.21. The van der Waals surface area contributed by atoms with E-state index in [1.54, 1.807) is 17.0 Å². The number of hydrogen-bond acceptors (Lipinski definition) is 5. The van der Waals surface area contributed by atoms with Gasteiger partial charge < -0.3 is 19.5 Å². The van der Waals surface area contributed by atoms with Crippen LogP contribution in [-0.2, 0) is 9.47 Å². The number of benzene rings is 1. The summed E-state index contributed by atoms with van der Waals surface area (Å²) >= 11 is 0.